The number of thiazole rings is 1. The van der Waals surface area contributed by atoms with Gasteiger partial charge in [0, 0.05) is 38.7 Å². The molecule has 182 valence electrons. The number of aromatic nitrogens is 1. The molecule has 3 aromatic rings. The minimum atomic E-state index is -0.770. The highest BCUT2D eigenvalue weighted by Crippen LogP contribution is 2.33. The third kappa shape index (κ3) is 4.84. The summed E-state index contributed by atoms with van der Waals surface area (Å²) in [5, 5.41) is 0.889. The van der Waals surface area contributed by atoms with E-state index in [9.17, 15) is 14.4 Å². The quantitative estimate of drug-likeness (QED) is 0.492. The number of ether oxygens (including phenoxy) is 1. The Balaban J connectivity index is 1.31. The number of rotatable bonds is 6. The number of hydrogen-bond acceptors (Lipinski definition) is 7. The van der Waals surface area contributed by atoms with Crippen molar-refractivity contribution in [2.75, 3.05) is 44.3 Å². The Labute approximate surface area is 208 Å². The fourth-order valence-electron chi connectivity index (χ4n) is 4.65. The summed E-state index contributed by atoms with van der Waals surface area (Å²) >= 11 is 1.61. The summed E-state index contributed by atoms with van der Waals surface area (Å²) in [6, 6.07) is 12.7. The molecule has 2 aromatic carbocycles. The molecular formula is C26H28N4O4S. The van der Waals surface area contributed by atoms with Crippen molar-refractivity contribution in [3.05, 3.63) is 48.0 Å². The number of fused-ring (bicyclic) bond motifs is 1. The van der Waals surface area contributed by atoms with Crippen LogP contribution in [-0.2, 0) is 19.1 Å². The summed E-state index contributed by atoms with van der Waals surface area (Å²) < 4.78 is 6.50. The first-order chi connectivity index (χ1) is 16.9. The summed E-state index contributed by atoms with van der Waals surface area (Å²) in [5.41, 5.74) is 3.58. The van der Waals surface area contributed by atoms with Gasteiger partial charge in [-0.05, 0) is 48.9 Å². The number of carbonyl (C=O) groups is 3. The number of amides is 3. The van der Waals surface area contributed by atoms with Gasteiger partial charge in [-0.2, -0.15) is 0 Å². The molecule has 1 atom stereocenters. The molecule has 2 fully saturated rings. The molecule has 2 aliphatic heterocycles. The number of nitrogens with zero attached hydrogens (tertiary/aromatic N) is 4. The van der Waals surface area contributed by atoms with Crippen molar-refractivity contribution in [1.29, 1.82) is 0 Å². The van der Waals surface area contributed by atoms with Gasteiger partial charge in [0.1, 0.15) is 11.0 Å². The van der Waals surface area contributed by atoms with Crippen LogP contribution in [0.2, 0.25) is 0 Å². The standard InChI is InChI=1S/C26H28N4O4S/c1-17-3-8-21-23(15-17)35-25(27-21)19-4-6-20(7-5-19)30-24(32)16-22(26(30)33)29(18(2)31)10-9-28-11-13-34-14-12-28/h3-8,15,22H,9-14,16H2,1-2H3. The summed E-state index contributed by atoms with van der Waals surface area (Å²) in [6.07, 6.45) is 0.000493. The maximum atomic E-state index is 13.3. The third-order valence-corrected chi connectivity index (χ3v) is 7.65. The zero-order valence-corrected chi connectivity index (χ0v) is 20.7. The lowest BCUT2D eigenvalue weighted by molar-refractivity contribution is -0.136. The van der Waals surface area contributed by atoms with Crippen molar-refractivity contribution in [2.45, 2.75) is 26.3 Å². The summed E-state index contributed by atoms with van der Waals surface area (Å²) in [5.74, 6) is -0.844. The van der Waals surface area contributed by atoms with Crippen LogP contribution < -0.4 is 4.90 Å². The van der Waals surface area contributed by atoms with Gasteiger partial charge >= 0.3 is 0 Å². The van der Waals surface area contributed by atoms with Crippen LogP contribution in [0.25, 0.3) is 20.8 Å². The van der Waals surface area contributed by atoms with E-state index in [0.717, 1.165) is 33.9 Å². The highest BCUT2D eigenvalue weighted by molar-refractivity contribution is 7.21. The number of aryl methyl sites for hydroxylation is 1. The minimum absolute atomic E-state index is 0.000493. The van der Waals surface area contributed by atoms with Gasteiger partial charge in [0.25, 0.3) is 5.91 Å². The summed E-state index contributed by atoms with van der Waals surface area (Å²) in [6.45, 7) is 7.50. The number of morpholine rings is 1. The molecule has 35 heavy (non-hydrogen) atoms. The SMILES string of the molecule is CC(=O)N(CCN1CCOCC1)C1CC(=O)N(c2ccc(-c3nc4ccc(C)cc4s3)cc2)C1=O. The highest BCUT2D eigenvalue weighted by atomic mass is 32.1. The predicted molar refractivity (Wildman–Crippen MR) is 135 cm³/mol. The van der Waals surface area contributed by atoms with Crippen LogP contribution in [0.15, 0.2) is 42.5 Å². The third-order valence-electron chi connectivity index (χ3n) is 6.58. The Morgan fingerprint density at radius 3 is 2.60 bits per heavy atom. The lowest BCUT2D eigenvalue weighted by Crippen LogP contribution is -2.49. The molecule has 2 saturated heterocycles. The van der Waals surface area contributed by atoms with E-state index in [-0.39, 0.29) is 24.1 Å². The number of hydrogen-bond donors (Lipinski definition) is 0. The molecule has 5 rings (SSSR count). The lowest BCUT2D eigenvalue weighted by Gasteiger charge is -2.31. The molecule has 0 bridgehead atoms. The second-order valence-corrected chi connectivity index (χ2v) is 10.0. The molecule has 1 aromatic heterocycles. The molecule has 0 aliphatic carbocycles. The Kier molecular flexibility index (Phi) is 6.64. The molecular weight excluding hydrogens is 464 g/mol. The fraction of sp³-hybridized carbons (Fsp3) is 0.385. The predicted octanol–water partition coefficient (Wildman–Crippen LogP) is 3.08. The first kappa shape index (κ1) is 23.6. The monoisotopic (exact) mass is 492 g/mol. The Morgan fingerprint density at radius 1 is 1.14 bits per heavy atom. The molecule has 0 spiro atoms. The minimum Gasteiger partial charge on any atom is -0.379 e. The maximum absolute atomic E-state index is 13.3. The molecule has 0 radical (unpaired) electrons. The van der Waals surface area contributed by atoms with Crippen LogP contribution in [0.5, 0.6) is 0 Å². The van der Waals surface area contributed by atoms with Crippen LogP contribution >= 0.6 is 11.3 Å². The maximum Gasteiger partial charge on any atom is 0.257 e. The van der Waals surface area contributed by atoms with Crippen LogP contribution in [0.4, 0.5) is 5.69 Å². The van der Waals surface area contributed by atoms with Crippen LogP contribution in [0.3, 0.4) is 0 Å². The fourth-order valence-corrected chi connectivity index (χ4v) is 5.72. The molecule has 0 N–H and O–H groups in total. The van der Waals surface area contributed by atoms with E-state index in [1.165, 1.54) is 22.3 Å². The first-order valence-corrected chi connectivity index (χ1v) is 12.6. The van der Waals surface area contributed by atoms with E-state index in [2.05, 4.69) is 17.9 Å². The van der Waals surface area contributed by atoms with Gasteiger partial charge in [0.05, 0.1) is 35.5 Å². The van der Waals surface area contributed by atoms with Crippen molar-refractivity contribution >= 4 is 45.0 Å². The average Bonchev–Trinajstić information content (AvgIpc) is 3.40. The number of benzene rings is 2. The summed E-state index contributed by atoms with van der Waals surface area (Å²) in [7, 11) is 0. The normalized spacial score (nSPS) is 19.0. The molecule has 2 aliphatic rings. The van der Waals surface area contributed by atoms with Gasteiger partial charge in [0.15, 0.2) is 0 Å². The zero-order chi connectivity index (χ0) is 24.5. The molecule has 0 saturated carbocycles. The first-order valence-electron chi connectivity index (χ1n) is 11.8. The van der Waals surface area contributed by atoms with Crippen LogP contribution in [0, 0.1) is 6.92 Å². The Bertz CT molecular complexity index is 1270. The lowest BCUT2D eigenvalue weighted by atomic mass is 10.2. The Morgan fingerprint density at radius 2 is 1.89 bits per heavy atom. The smallest absolute Gasteiger partial charge is 0.257 e. The van der Waals surface area contributed by atoms with Crippen molar-refractivity contribution in [3.63, 3.8) is 0 Å². The molecule has 3 amide bonds. The number of anilines is 1. The topological polar surface area (TPSA) is 83.1 Å². The van der Waals surface area contributed by atoms with Crippen molar-refractivity contribution in [1.82, 2.24) is 14.8 Å². The van der Waals surface area contributed by atoms with Crippen molar-refractivity contribution < 1.29 is 19.1 Å². The van der Waals surface area contributed by atoms with Gasteiger partial charge in [-0.15, -0.1) is 11.3 Å². The van der Waals surface area contributed by atoms with Gasteiger partial charge < -0.3 is 9.64 Å². The van der Waals surface area contributed by atoms with Crippen LogP contribution in [0.1, 0.15) is 18.9 Å². The molecule has 1 unspecified atom stereocenters. The zero-order valence-electron chi connectivity index (χ0n) is 19.9. The van der Waals surface area contributed by atoms with E-state index in [1.54, 1.807) is 23.5 Å². The highest BCUT2D eigenvalue weighted by Gasteiger charge is 2.43. The second-order valence-electron chi connectivity index (χ2n) is 8.99. The molecule has 3 heterocycles. The van der Waals surface area contributed by atoms with Crippen molar-refractivity contribution in [2.24, 2.45) is 0 Å². The van der Waals surface area contributed by atoms with Gasteiger partial charge in [-0.3, -0.25) is 19.3 Å². The van der Waals surface area contributed by atoms with Crippen molar-refractivity contribution in [3.8, 4) is 10.6 Å². The average molecular weight is 493 g/mol. The van der Waals surface area contributed by atoms with Crippen LogP contribution in [-0.4, -0.2) is 77.9 Å². The van der Waals surface area contributed by atoms with E-state index in [1.807, 2.05) is 24.3 Å². The van der Waals surface area contributed by atoms with E-state index in [0.29, 0.717) is 32.0 Å². The largest absolute Gasteiger partial charge is 0.379 e. The van der Waals surface area contributed by atoms with E-state index >= 15 is 0 Å². The second kappa shape index (κ2) is 9.85. The summed E-state index contributed by atoms with van der Waals surface area (Å²) in [4.78, 5) is 48.2. The molecule has 9 heteroatoms. The van der Waals surface area contributed by atoms with Gasteiger partial charge in [0.2, 0.25) is 11.8 Å². The van der Waals surface area contributed by atoms with Gasteiger partial charge in [-0.25, -0.2) is 9.88 Å². The van der Waals surface area contributed by atoms with E-state index in [4.69, 9.17) is 9.72 Å². The van der Waals surface area contributed by atoms with Gasteiger partial charge in [-0.1, -0.05) is 6.07 Å². The Hall–Kier alpha value is -3.14. The number of carbonyl (C=O) groups excluding carboxylic acids is 3. The molecule has 8 nitrogen and oxygen atoms in total. The number of imide groups is 1. The van der Waals surface area contributed by atoms with E-state index < -0.39 is 6.04 Å².